The van der Waals surface area contributed by atoms with E-state index in [1.807, 2.05) is 12.1 Å². The number of thioether (sulfide) groups is 1. The molecule has 1 saturated heterocycles. The van der Waals surface area contributed by atoms with Gasteiger partial charge in [0.25, 0.3) is 6.20 Å². The maximum absolute atomic E-state index is 12.6. The Morgan fingerprint density at radius 2 is 1.70 bits per heavy atom. The van der Waals surface area contributed by atoms with E-state index in [0.717, 1.165) is 28.9 Å². The number of nitrogens with zero attached hydrogens (tertiary/aromatic N) is 4. The largest absolute Gasteiger partial charge is 0.861 e. The molecule has 1 fully saturated rings. The first-order valence-corrected chi connectivity index (χ1v) is 12.7. The molecule has 1 aromatic carbocycles. The zero-order valence-corrected chi connectivity index (χ0v) is 22.0. The summed E-state index contributed by atoms with van der Waals surface area (Å²) in [5, 5.41) is 29.7. The van der Waals surface area contributed by atoms with Crippen LogP contribution in [0.3, 0.4) is 0 Å². The van der Waals surface area contributed by atoms with Gasteiger partial charge in [0.2, 0.25) is 5.27 Å². The molecular weight excluding hydrogens is 436 g/mol. The van der Waals surface area contributed by atoms with Crippen molar-refractivity contribution in [2.75, 3.05) is 10.8 Å². The first-order valence-electron chi connectivity index (χ1n) is 11.7. The first-order chi connectivity index (χ1) is 15.3. The normalized spacial score (nSPS) is 20.4. The van der Waals surface area contributed by atoms with Crippen LogP contribution in [0.1, 0.15) is 85.8 Å². The number of phenolic OH excluding ortho intramolecular Hbond substituents is 1. The summed E-state index contributed by atoms with van der Waals surface area (Å²) in [6.07, 6.45) is 5.09. The molecule has 1 aliphatic rings. The number of rotatable bonds is 5. The molecule has 0 bridgehead atoms. The standard InChI is InChI=1S/C25H38N4O3S/c1-16-10-9-11-17(2)29(16)28-14-22(32-27-28)26-21(30)15-33-18-12-19(24(3,4)5)23(31)20(13-18)25(6,7)8/h12-14,16-17H,9-11,15H2,1-8H3,(H-,26,27,30,31). The SMILES string of the molecule is CC1CCCC(C)N1[n+]1cc(N=C([O-])CSc2cc(C(C)(C)C)c(O)c(C(C)(C)C)c2)on1. The molecule has 0 aliphatic carbocycles. The van der Waals surface area contributed by atoms with E-state index >= 15 is 0 Å². The Bertz CT molecular complexity index is 959. The molecule has 2 heterocycles. The van der Waals surface area contributed by atoms with Crippen molar-refractivity contribution in [3.05, 3.63) is 29.5 Å². The van der Waals surface area contributed by atoms with Crippen molar-refractivity contribution in [3.63, 3.8) is 0 Å². The number of piperidine rings is 1. The maximum atomic E-state index is 12.6. The van der Waals surface area contributed by atoms with E-state index in [1.54, 1.807) is 11.0 Å². The lowest BCUT2D eigenvalue weighted by Gasteiger charge is -2.31. The maximum Gasteiger partial charge on any atom is 0.324 e. The molecule has 1 aliphatic heterocycles. The molecule has 7 nitrogen and oxygen atoms in total. The van der Waals surface area contributed by atoms with Crippen LogP contribution in [0.25, 0.3) is 0 Å². The number of aromatic hydroxyl groups is 1. The van der Waals surface area contributed by atoms with Crippen LogP contribution in [0.2, 0.25) is 0 Å². The van der Waals surface area contributed by atoms with Crippen LogP contribution in [-0.4, -0.2) is 34.1 Å². The second-order valence-corrected chi connectivity index (χ2v) is 12.2. The highest BCUT2D eigenvalue weighted by Crippen LogP contribution is 2.41. The smallest absolute Gasteiger partial charge is 0.324 e. The van der Waals surface area contributed by atoms with Gasteiger partial charge >= 0.3 is 5.88 Å². The second-order valence-electron chi connectivity index (χ2n) is 11.1. The van der Waals surface area contributed by atoms with E-state index in [1.165, 1.54) is 18.2 Å². The van der Waals surface area contributed by atoms with Crippen molar-refractivity contribution in [2.24, 2.45) is 4.99 Å². The minimum Gasteiger partial charge on any atom is -0.861 e. The predicted molar refractivity (Wildman–Crippen MR) is 131 cm³/mol. The van der Waals surface area contributed by atoms with E-state index < -0.39 is 0 Å². The fourth-order valence-electron chi connectivity index (χ4n) is 4.33. The summed E-state index contributed by atoms with van der Waals surface area (Å²) in [5.74, 6) is 0.435. The molecular formula is C25H38N4O3S. The molecule has 2 aromatic rings. The van der Waals surface area contributed by atoms with E-state index in [-0.39, 0.29) is 28.4 Å². The van der Waals surface area contributed by atoms with Gasteiger partial charge in [-0.1, -0.05) is 41.5 Å². The fraction of sp³-hybridized carbons (Fsp3) is 0.640. The summed E-state index contributed by atoms with van der Waals surface area (Å²) in [5.41, 5.74) is 1.32. The highest BCUT2D eigenvalue weighted by atomic mass is 32.2. The lowest BCUT2D eigenvalue weighted by molar-refractivity contribution is -0.766. The van der Waals surface area contributed by atoms with Gasteiger partial charge in [0.15, 0.2) is 0 Å². The molecule has 2 unspecified atom stereocenters. The van der Waals surface area contributed by atoms with E-state index in [4.69, 9.17) is 4.52 Å². The number of phenols is 1. The molecule has 0 saturated carbocycles. The fourth-order valence-corrected chi connectivity index (χ4v) is 5.09. The number of benzene rings is 1. The molecule has 33 heavy (non-hydrogen) atoms. The third kappa shape index (κ3) is 6.02. The van der Waals surface area contributed by atoms with Crippen LogP contribution in [-0.2, 0) is 10.8 Å². The molecule has 182 valence electrons. The van der Waals surface area contributed by atoms with Crippen molar-refractivity contribution in [1.29, 1.82) is 0 Å². The van der Waals surface area contributed by atoms with E-state index in [9.17, 15) is 10.2 Å². The van der Waals surface area contributed by atoms with E-state index in [2.05, 4.69) is 70.7 Å². The topological polar surface area (TPSA) is 88.8 Å². The summed E-state index contributed by atoms with van der Waals surface area (Å²) in [6, 6.07) is 4.66. The highest BCUT2D eigenvalue weighted by Gasteiger charge is 2.34. The van der Waals surface area contributed by atoms with Crippen LogP contribution in [0, 0.1) is 0 Å². The highest BCUT2D eigenvalue weighted by molar-refractivity contribution is 8.00. The van der Waals surface area contributed by atoms with Gasteiger partial charge in [-0.05, 0) is 62.0 Å². The lowest BCUT2D eigenvalue weighted by Crippen LogP contribution is -2.67. The molecule has 0 radical (unpaired) electrons. The second kappa shape index (κ2) is 9.57. The van der Waals surface area contributed by atoms with Crippen LogP contribution < -0.4 is 14.9 Å². The minimum atomic E-state index is -0.286. The molecule has 2 atom stereocenters. The third-order valence-electron chi connectivity index (χ3n) is 6.12. The van der Waals surface area contributed by atoms with Crippen molar-refractivity contribution < 1.29 is 19.5 Å². The zero-order chi connectivity index (χ0) is 24.6. The van der Waals surface area contributed by atoms with Crippen molar-refractivity contribution in [3.8, 4) is 5.75 Å². The first kappa shape index (κ1) is 25.4. The minimum absolute atomic E-state index is 0.176. The molecule has 1 aromatic heterocycles. The molecule has 8 heteroatoms. The van der Waals surface area contributed by atoms with Gasteiger partial charge in [-0.15, -0.1) is 16.8 Å². The molecule has 1 N–H and O–H groups in total. The van der Waals surface area contributed by atoms with Crippen LogP contribution in [0.5, 0.6) is 5.75 Å². The Kier molecular flexibility index (Phi) is 7.36. The summed E-state index contributed by atoms with van der Waals surface area (Å²) < 4.78 is 5.32. The van der Waals surface area contributed by atoms with Crippen molar-refractivity contribution in [1.82, 2.24) is 5.27 Å². The molecule has 0 amide bonds. The Labute approximate surface area is 201 Å². The van der Waals surface area contributed by atoms with Gasteiger partial charge in [0.1, 0.15) is 5.75 Å². The summed E-state index contributed by atoms with van der Waals surface area (Å²) in [7, 11) is 0. The Hall–Kier alpha value is -2.22. The Morgan fingerprint density at radius 3 is 2.21 bits per heavy atom. The van der Waals surface area contributed by atoms with Gasteiger partial charge in [-0.3, -0.25) is 4.52 Å². The van der Waals surface area contributed by atoms with Gasteiger partial charge in [-0.25, -0.2) is 4.99 Å². The summed E-state index contributed by atoms with van der Waals surface area (Å²) >= 11 is 1.42. The summed E-state index contributed by atoms with van der Waals surface area (Å²) in [4.78, 5) is 6.73. The quantitative estimate of drug-likeness (QED) is 0.300. The number of hydrogen-bond acceptors (Lipinski definition) is 7. The lowest BCUT2D eigenvalue weighted by atomic mass is 9.79. The number of aliphatic imine (C=N–C) groups is 1. The van der Waals surface area contributed by atoms with Crippen molar-refractivity contribution in [2.45, 2.75) is 102 Å². The number of aromatic nitrogens is 2. The van der Waals surface area contributed by atoms with Gasteiger partial charge in [0, 0.05) is 21.8 Å². The summed E-state index contributed by atoms with van der Waals surface area (Å²) in [6.45, 7) is 16.8. The molecule has 0 spiro atoms. The van der Waals surface area contributed by atoms with Crippen molar-refractivity contribution >= 4 is 23.5 Å². The average Bonchev–Trinajstić information content (AvgIpc) is 3.13. The average molecular weight is 475 g/mol. The van der Waals surface area contributed by atoms with E-state index in [0.29, 0.717) is 17.8 Å². The third-order valence-corrected chi connectivity index (χ3v) is 7.08. The van der Waals surface area contributed by atoms with Crippen LogP contribution in [0.4, 0.5) is 5.88 Å². The van der Waals surface area contributed by atoms with Crippen LogP contribution >= 0.6 is 11.8 Å². The molecule has 3 rings (SSSR count). The zero-order valence-electron chi connectivity index (χ0n) is 21.2. The van der Waals surface area contributed by atoms with Crippen LogP contribution in [0.15, 0.2) is 32.7 Å². The van der Waals surface area contributed by atoms with Gasteiger partial charge in [0.05, 0.1) is 16.9 Å². The Morgan fingerprint density at radius 1 is 1.15 bits per heavy atom. The number of hydrogen-bond donors (Lipinski definition) is 1. The monoisotopic (exact) mass is 474 g/mol. The van der Waals surface area contributed by atoms with Gasteiger partial charge in [-0.2, -0.15) is 0 Å². The van der Waals surface area contributed by atoms with Gasteiger partial charge < -0.3 is 10.2 Å². The predicted octanol–water partition coefficient (Wildman–Crippen LogP) is 4.34. The Balaban J connectivity index is 1.77.